The van der Waals surface area contributed by atoms with Crippen molar-refractivity contribution in [3.05, 3.63) is 45.4 Å². The molecule has 0 atom stereocenters. The number of anilines is 1. The number of aryl methyl sites for hydroxylation is 1. The Morgan fingerprint density at radius 3 is 2.87 bits per heavy atom. The Morgan fingerprint density at radius 2 is 2.13 bits per heavy atom. The zero-order valence-corrected chi connectivity index (χ0v) is 15.1. The molecule has 0 aliphatic rings. The van der Waals surface area contributed by atoms with Gasteiger partial charge in [0.25, 0.3) is 0 Å². The number of benzene rings is 1. The van der Waals surface area contributed by atoms with Crippen LogP contribution < -0.4 is 5.32 Å². The molecule has 0 saturated carbocycles. The average molecular weight is 397 g/mol. The number of ether oxygens (including phenoxy) is 1. The summed E-state index contributed by atoms with van der Waals surface area (Å²) in [5.74, 6) is -0.414. The van der Waals surface area contributed by atoms with Gasteiger partial charge in [0.1, 0.15) is 0 Å². The molecule has 1 heterocycles. The van der Waals surface area contributed by atoms with Crippen LogP contribution in [0, 0.1) is 0 Å². The molecule has 0 fully saturated rings. The van der Waals surface area contributed by atoms with Crippen LogP contribution in [0.4, 0.5) is 5.13 Å². The molecule has 7 heteroatoms. The Labute approximate surface area is 147 Å². The molecular weight excluding hydrogens is 380 g/mol. The summed E-state index contributed by atoms with van der Waals surface area (Å²) in [7, 11) is 0. The molecule has 0 spiro atoms. The number of aromatic nitrogens is 1. The third-order valence-corrected chi connectivity index (χ3v) is 4.59. The molecule has 5 nitrogen and oxygen atoms in total. The number of thiazole rings is 1. The predicted octanol–water partition coefficient (Wildman–Crippen LogP) is 3.58. The van der Waals surface area contributed by atoms with Crippen molar-refractivity contribution in [2.24, 2.45) is 0 Å². The first-order valence-corrected chi connectivity index (χ1v) is 8.89. The van der Waals surface area contributed by atoms with Gasteiger partial charge >= 0.3 is 5.97 Å². The molecule has 1 amide bonds. The zero-order valence-electron chi connectivity index (χ0n) is 12.7. The van der Waals surface area contributed by atoms with E-state index in [4.69, 9.17) is 4.74 Å². The molecular formula is C16H17BrN2O3S. The summed E-state index contributed by atoms with van der Waals surface area (Å²) in [6.07, 6.45) is 1.14. The molecule has 1 N–H and O–H groups in total. The topological polar surface area (TPSA) is 68.3 Å². The van der Waals surface area contributed by atoms with Crippen molar-refractivity contribution in [1.29, 1.82) is 0 Å². The molecule has 1 aromatic heterocycles. The monoisotopic (exact) mass is 396 g/mol. The van der Waals surface area contributed by atoms with Crippen molar-refractivity contribution >= 4 is 44.3 Å². The average Bonchev–Trinajstić information content (AvgIpc) is 2.93. The van der Waals surface area contributed by atoms with Gasteiger partial charge in [0.15, 0.2) is 5.13 Å². The van der Waals surface area contributed by atoms with Crippen molar-refractivity contribution in [2.45, 2.75) is 26.2 Å². The smallest absolute Gasteiger partial charge is 0.311 e. The van der Waals surface area contributed by atoms with Crippen molar-refractivity contribution in [3.8, 4) is 0 Å². The van der Waals surface area contributed by atoms with Crippen molar-refractivity contribution < 1.29 is 14.3 Å². The van der Waals surface area contributed by atoms with E-state index in [0.717, 1.165) is 10.0 Å². The molecule has 0 radical (unpaired) electrons. The first kappa shape index (κ1) is 17.6. The molecule has 0 aliphatic heterocycles. The summed E-state index contributed by atoms with van der Waals surface area (Å²) in [6.45, 7) is 2.11. The Balaban J connectivity index is 1.82. The SMILES string of the molecule is CCOC(=O)Cc1csc(NC(=O)CCc2ccccc2Br)n1. The standard InChI is InChI=1S/C16H17BrN2O3S/c1-2-22-15(21)9-12-10-23-16(18-12)19-14(20)8-7-11-5-3-4-6-13(11)17/h3-6,10H,2,7-9H2,1H3,(H,18,19,20). The van der Waals surface area contributed by atoms with Gasteiger partial charge in [0.05, 0.1) is 18.7 Å². The second kappa shape index (κ2) is 8.79. The maximum atomic E-state index is 12.0. The molecule has 0 saturated heterocycles. The molecule has 0 bridgehead atoms. The molecule has 1 aromatic carbocycles. The zero-order chi connectivity index (χ0) is 16.7. The number of hydrogen-bond acceptors (Lipinski definition) is 5. The van der Waals surface area contributed by atoms with Gasteiger partial charge in [-0.15, -0.1) is 11.3 Å². The van der Waals surface area contributed by atoms with Crippen molar-refractivity contribution in [3.63, 3.8) is 0 Å². The van der Waals surface area contributed by atoms with Crippen LogP contribution in [0.3, 0.4) is 0 Å². The second-order valence-corrected chi connectivity index (χ2v) is 6.48. The third-order valence-electron chi connectivity index (χ3n) is 3.01. The maximum Gasteiger partial charge on any atom is 0.311 e. The summed E-state index contributed by atoms with van der Waals surface area (Å²) in [5, 5.41) is 5.01. The van der Waals surface area contributed by atoms with Gasteiger partial charge in [-0.05, 0) is 25.0 Å². The van der Waals surface area contributed by atoms with Gasteiger partial charge < -0.3 is 10.1 Å². The number of nitrogens with one attached hydrogen (secondary N) is 1. The highest BCUT2D eigenvalue weighted by Gasteiger charge is 2.11. The van der Waals surface area contributed by atoms with Gasteiger partial charge in [0, 0.05) is 16.3 Å². The predicted molar refractivity (Wildman–Crippen MR) is 93.5 cm³/mol. The lowest BCUT2D eigenvalue weighted by Gasteiger charge is -2.04. The first-order valence-electron chi connectivity index (χ1n) is 7.21. The minimum atomic E-state index is -0.315. The summed E-state index contributed by atoms with van der Waals surface area (Å²) in [6, 6.07) is 7.82. The van der Waals surface area contributed by atoms with E-state index < -0.39 is 0 Å². The van der Waals surface area contributed by atoms with E-state index in [1.54, 1.807) is 12.3 Å². The summed E-state index contributed by atoms with van der Waals surface area (Å²) >= 11 is 4.77. The van der Waals surface area contributed by atoms with Gasteiger partial charge in [0.2, 0.25) is 5.91 Å². The van der Waals surface area contributed by atoms with E-state index in [2.05, 4.69) is 26.2 Å². The lowest BCUT2D eigenvalue weighted by molar-refractivity contribution is -0.142. The van der Waals surface area contributed by atoms with Gasteiger partial charge in [-0.3, -0.25) is 9.59 Å². The number of amides is 1. The Hall–Kier alpha value is -1.73. The van der Waals surface area contributed by atoms with Gasteiger partial charge in [-0.2, -0.15) is 0 Å². The number of nitrogens with zero attached hydrogens (tertiary/aromatic N) is 1. The Bertz CT molecular complexity index is 687. The minimum absolute atomic E-state index is 0.0993. The van der Waals surface area contributed by atoms with Crippen LogP contribution in [0.15, 0.2) is 34.1 Å². The number of hydrogen-bond donors (Lipinski definition) is 1. The van der Waals surface area contributed by atoms with E-state index in [1.807, 2.05) is 24.3 Å². The third kappa shape index (κ3) is 5.76. The Kier molecular flexibility index (Phi) is 6.73. The molecule has 2 aromatic rings. The largest absolute Gasteiger partial charge is 0.466 e. The van der Waals surface area contributed by atoms with Gasteiger partial charge in [-0.25, -0.2) is 4.98 Å². The number of halogens is 1. The fourth-order valence-corrected chi connectivity index (χ4v) is 3.15. The highest BCUT2D eigenvalue weighted by molar-refractivity contribution is 9.10. The van der Waals surface area contributed by atoms with Gasteiger partial charge in [-0.1, -0.05) is 34.1 Å². The fourth-order valence-electron chi connectivity index (χ4n) is 1.94. The number of carbonyl (C=O) groups excluding carboxylic acids is 2. The van der Waals surface area contributed by atoms with Crippen LogP contribution in [0.2, 0.25) is 0 Å². The van der Waals surface area contributed by atoms with Crippen molar-refractivity contribution in [2.75, 3.05) is 11.9 Å². The Morgan fingerprint density at radius 1 is 1.35 bits per heavy atom. The molecule has 23 heavy (non-hydrogen) atoms. The summed E-state index contributed by atoms with van der Waals surface area (Å²) in [4.78, 5) is 27.6. The lowest BCUT2D eigenvalue weighted by atomic mass is 10.1. The van der Waals surface area contributed by atoms with E-state index >= 15 is 0 Å². The van der Waals surface area contributed by atoms with Crippen LogP contribution in [-0.4, -0.2) is 23.5 Å². The summed E-state index contributed by atoms with van der Waals surface area (Å²) in [5.41, 5.74) is 1.69. The fraction of sp³-hybridized carbons (Fsp3) is 0.312. The van der Waals surface area contributed by atoms with Crippen LogP contribution >= 0.6 is 27.3 Å². The highest BCUT2D eigenvalue weighted by Crippen LogP contribution is 2.19. The molecule has 122 valence electrons. The molecule has 2 rings (SSSR count). The summed E-state index contributed by atoms with van der Waals surface area (Å²) < 4.78 is 5.87. The quantitative estimate of drug-likeness (QED) is 0.726. The first-order chi connectivity index (χ1) is 11.1. The van der Waals surface area contributed by atoms with E-state index in [1.165, 1.54) is 11.3 Å². The van der Waals surface area contributed by atoms with Crippen LogP contribution in [0.1, 0.15) is 24.6 Å². The van der Waals surface area contributed by atoms with Crippen molar-refractivity contribution in [1.82, 2.24) is 4.98 Å². The van der Waals surface area contributed by atoms with Crippen LogP contribution in [0.5, 0.6) is 0 Å². The molecule has 0 aliphatic carbocycles. The second-order valence-electron chi connectivity index (χ2n) is 4.77. The van der Waals surface area contributed by atoms with E-state index in [0.29, 0.717) is 30.3 Å². The maximum absolute atomic E-state index is 12.0. The highest BCUT2D eigenvalue weighted by atomic mass is 79.9. The normalized spacial score (nSPS) is 10.3. The van der Waals surface area contributed by atoms with Crippen LogP contribution in [0.25, 0.3) is 0 Å². The van der Waals surface area contributed by atoms with E-state index in [9.17, 15) is 9.59 Å². The number of carbonyl (C=O) groups is 2. The lowest BCUT2D eigenvalue weighted by Crippen LogP contribution is -2.12. The number of esters is 1. The molecule has 0 unspecified atom stereocenters. The number of rotatable bonds is 7. The minimum Gasteiger partial charge on any atom is -0.466 e. The van der Waals surface area contributed by atoms with E-state index in [-0.39, 0.29) is 18.3 Å². The van der Waals surface area contributed by atoms with Crippen LogP contribution in [-0.2, 0) is 27.2 Å².